The number of hydrogen-bond donors (Lipinski definition) is 1. The van der Waals surface area contributed by atoms with E-state index in [1.54, 1.807) is 19.2 Å². The van der Waals surface area contributed by atoms with Gasteiger partial charge >= 0.3 is 5.97 Å². The summed E-state index contributed by atoms with van der Waals surface area (Å²) in [7, 11) is 0. The molecule has 6 heteroatoms. The van der Waals surface area contributed by atoms with Gasteiger partial charge in [-0.1, -0.05) is 5.16 Å². The fourth-order valence-corrected chi connectivity index (χ4v) is 1.30. The normalized spacial score (nSPS) is 10.5. The smallest absolute Gasteiger partial charge is 0.372 e. The highest BCUT2D eigenvalue weighted by atomic mass is 16.5. The van der Waals surface area contributed by atoms with Crippen LogP contribution in [-0.2, 0) is 6.54 Å². The number of aromatic carboxylic acids is 1. The summed E-state index contributed by atoms with van der Waals surface area (Å²) >= 11 is 0. The molecule has 15 heavy (non-hydrogen) atoms. The second-order valence-electron chi connectivity index (χ2n) is 3.11. The van der Waals surface area contributed by atoms with Crippen molar-refractivity contribution in [2.45, 2.75) is 13.5 Å². The molecule has 0 amide bonds. The Bertz CT molecular complexity index is 486. The van der Waals surface area contributed by atoms with Gasteiger partial charge in [0.25, 0.3) is 0 Å². The van der Waals surface area contributed by atoms with Crippen molar-refractivity contribution >= 4 is 5.97 Å². The molecule has 0 saturated carbocycles. The first-order valence-corrected chi connectivity index (χ1v) is 4.33. The van der Waals surface area contributed by atoms with E-state index in [9.17, 15) is 4.79 Å². The van der Waals surface area contributed by atoms with E-state index in [0.29, 0.717) is 18.0 Å². The molecule has 0 atom stereocenters. The highest BCUT2D eigenvalue weighted by molar-refractivity contribution is 5.83. The minimum absolute atomic E-state index is 0.00402. The third-order valence-corrected chi connectivity index (χ3v) is 1.92. The first-order valence-electron chi connectivity index (χ1n) is 4.33. The van der Waals surface area contributed by atoms with Crippen molar-refractivity contribution in [3.05, 3.63) is 35.7 Å². The number of aryl methyl sites for hydroxylation is 1. The van der Waals surface area contributed by atoms with Crippen LogP contribution in [0.5, 0.6) is 0 Å². The van der Waals surface area contributed by atoms with E-state index in [4.69, 9.17) is 9.63 Å². The van der Waals surface area contributed by atoms with Gasteiger partial charge in [0.15, 0.2) is 0 Å². The van der Waals surface area contributed by atoms with Gasteiger partial charge in [-0.15, -0.1) is 0 Å². The fraction of sp³-hybridized carbons (Fsp3) is 0.222. The molecule has 0 saturated heterocycles. The lowest BCUT2D eigenvalue weighted by Crippen LogP contribution is -2.10. The first-order chi connectivity index (χ1) is 7.16. The summed E-state index contributed by atoms with van der Waals surface area (Å²) in [4.78, 5) is 14.5. The average molecular weight is 207 g/mol. The summed E-state index contributed by atoms with van der Waals surface area (Å²) in [6, 6.07) is 1.76. The van der Waals surface area contributed by atoms with Crippen molar-refractivity contribution in [2.75, 3.05) is 0 Å². The molecule has 0 spiro atoms. The highest BCUT2D eigenvalue weighted by Gasteiger charge is 2.11. The van der Waals surface area contributed by atoms with Gasteiger partial charge in [-0.2, -0.15) is 0 Å². The molecule has 0 fully saturated rings. The Morgan fingerprint density at radius 1 is 1.67 bits per heavy atom. The van der Waals surface area contributed by atoms with Crippen molar-refractivity contribution in [1.82, 2.24) is 14.7 Å². The lowest BCUT2D eigenvalue weighted by Gasteiger charge is -2.00. The van der Waals surface area contributed by atoms with Crippen molar-refractivity contribution in [3.8, 4) is 0 Å². The molecule has 0 radical (unpaired) electrons. The average Bonchev–Trinajstić information content (AvgIpc) is 2.75. The lowest BCUT2D eigenvalue weighted by molar-refractivity contribution is 0.0678. The van der Waals surface area contributed by atoms with Crippen molar-refractivity contribution in [2.24, 2.45) is 0 Å². The molecule has 78 valence electrons. The quantitative estimate of drug-likeness (QED) is 0.809. The van der Waals surface area contributed by atoms with Crippen LogP contribution in [0.3, 0.4) is 0 Å². The molecule has 2 rings (SSSR count). The van der Waals surface area contributed by atoms with E-state index in [0.717, 1.165) is 0 Å². The Hall–Kier alpha value is -2.11. The minimum atomic E-state index is -1.06. The topological polar surface area (TPSA) is 81.2 Å². The number of hydrogen-bond acceptors (Lipinski definition) is 4. The van der Waals surface area contributed by atoms with Gasteiger partial charge in [0, 0.05) is 18.5 Å². The lowest BCUT2D eigenvalue weighted by atomic mass is 10.4. The van der Waals surface area contributed by atoms with E-state index in [-0.39, 0.29) is 5.82 Å². The Morgan fingerprint density at radius 2 is 2.47 bits per heavy atom. The molecule has 0 aliphatic heterocycles. The SMILES string of the molecule is Cc1cc(Cn2ccnc2C(=O)O)no1. The van der Waals surface area contributed by atoms with E-state index < -0.39 is 5.97 Å². The summed E-state index contributed by atoms with van der Waals surface area (Å²) in [5.41, 5.74) is 0.674. The van der Waals surface area contributed by atoms with E-state index in [2.05, 4.69) is 10.1 Å². The summed E-state index contributed by atoms with van der Waals surface area (Å²) in [5, 5.41) is 12.6. The van der Waals surface area contributed by atoms with Gasteiger partial charge in [-0.3, -0.25) is 0 Å². The second kappa shape index (κ2) is 3.56. The standard InChI is InChI=1S/C9H9N3O3/c1-6-4-7(11-15-6)5-12-3-2-10-8(12)9(13)14/h2-4H,5H2,1H3,(H,13,14). The predicted octanol–water partition coefficient (Wildman–Crippen LogP) is 0.926. The minimum Gasteiger partial charge on any atom is -0.475 e. The summed E-state index contributed by atoms with van der Waals surface area (Å²) in [6.07, 6.45) is 3.03. The van der Waals surface area contributed by atoms with Gasteiger partial charge in [0.05, 0.1) is 6.54 Å². The van der Waals surface area contributed by atoms with Gasteiger partial charge in [0.1, 0.15) is 11.5 Å². The maximum absolute atomic E-state index is 10.8. The number of aromatic nitrogens is 3. The predicted molar refractivity (Wildman–Crippen MR) is 49.5 cm³/mol. The number of carboxylic acids is 1. The Labute approximate surface area is 85.1 Å². The van der Waals surface area contributed by atoms with Crippen molar-refractivity contribution < 1.29 is 14.4 Å². The Balaban J connectivity index is 2.24. The van der Waals surface area contributed by atoms with Gasteiger partial charge in [-0.25, -0.2) is 9.78 Å². The summed E-state index contributed by atoms with van der Waals surface area (Å²) in [6.45, 7) is 2.13. The zero-order valence-electron chi connectivity index (χ0n) is 8.04. The Morgan fingerprint density at radius 3 is 3.07 bits per heavy atom. The largest absolute Gasteiger partial charge is 0.475 e. The summed E-state index contributed by atoms with van der Waals surface area (Å²) in [5.74, 6) is -0.363. The van der Waals surface area contributed by atoms with Crippen molar-refractivity contribution in [1.29, 1.82) is 0 Å². The molecule has 0 aliphatic rings. The number of rotatable bonds is 3. The van der Waals surface area contributed by atoms with Crippen LogP contribution in [0.25, 0.3) is 0 Å². The molecule has 6 nitrogen and oxygen atoms in total. The van der Waals surface area contributed by atoms with Gasteiger partial charge in [0.2, 0.25) is 5.82 Å². The molecule has 2 aromatic rings. The maximum atomic E-state index is 10.8. The van der Waals surface area contributed by atoms with E-state index in [1.807, 2.05) is 0 Å². The Kier molecular flexibility index (Phi) is 2.24. The van der Waals surface area contributed by atoms with E-state index in [1.165, 1.54) is 10.8 Å². The molecule has 2 heterocycles. The van der Waals surface area contributed by atoms with Gasteiger partial charge < -0.3 is 14.2 Å². The molecule has 0 aliphatic carbocycles. The molecule has 0 bridgehead atoms. The monoisotopic (exact) mass is 207 g/mol. The molecule has 1 N–H and O–H groups in total. The molecule has 0 unspecified atom stereocenters. The molecular formula is C9H9N3O3. The van der Waals surface area contributed by atoms with Crippen LogP contribution < -0.4 is 0 Å². The summed E-state index contributed by atoms with van der Waals surface area (Å²) < 4.78 is 6.38. The number of carboxylic acid groups (broad SMARTS) is 1. The maximum Gasteiger partial charge on any atom is 0.372 e. The van der Waals surface area contributed by atoms with Crippen LogP contribution in [0.2, 0.25) is 0 Å². The van der Waals surface area contributed by atoms with Crippen LogP contribution in [-0.4, -0.2) is 25.8 Å². The van der Waals surface area contributed by atoms with Crippen LogP contribution >= 0.6 is 0 Å². The molecule has 2 aromatic heterocycles. The van der Waals surface area contributed by atoms with Crippen LogP contribution in [0.1, 0.15) is 22.1 Å². The third-order valence-electron chi connectivity index (χ3n) is 1.92. The number of carbonyl (C=O) groups is 1. The van der Waals surface area contributed by atoms with Crippen LogP contribution in [0.4, 0.5) is 0 Å². The van der Waals surface area contributed by atoms with Crippen LogP contribution in [0.15, 0.2) is 23.0 Å². The highest BCUT2D eigenvalue weighted by Crippen LogP contribution is 2.06. The zero-order chi connectivity index (χ0) is 10.8. The number of imidazole rings is 1. The van der Waals surface area contributed by atoms with Gasteiger partial charge in [-0.05, 0) is 6.92 Å². The van der Waals surface area contributed by atoms with E-state index >= 15 is 0 Å². The second-order valence-corrected chi connectivity index (χ2v) is 3.11. The first kappa shape index (κ1) is 9.45. The molecule has 0 aromatic carbocycles. The van der Waals surface area contributed by atoms with Crippen LogP contribution in [0, 0.1) is 6.92 Å². The third kappa shape index (κ3) is 1.88. The van der Waals surface area contributed by atoms with Crippen molar-refractivity contribution in [3.63, 3.8) is 0 Å². The fourth-order valence-electron chi connectivity index (χ4n) is 1.30. The molecular weight excluding hydrogens is 198 g/mol. The zero-order valence-corrected chi connectivity index (χ0v) is 8.04. The number of nitrogens with zero attached hydrogens (tertiary/aromatic N) is 3.